The normalized spacial score (nSPS) is 38.2. The summed E-state index contributed by atoms with van der Waals surface area (Å²) in [4.78, 5) is 0. The van der Waals surface area contributed by atoms with E-state index in [2.05, 4.69) is 0 Å². The third-order valence-electron chi connectivity index (χ3n) is 1.77. The Morgan fingerprint density at radius 1 is 1.75 bits per heavy atom. The molecule has 2 atom stereocenters. The Labute approximate surface area is 49.5 Å². The van der Waals surface area contributed by atoms with Crippen LogP contribution in [0.3, 0.4) is 0 Å². The summed E-state index contributed by atoms with van der Waals surface area (Å²) in [6, 6.07) is 0. The quantitative estimate of drug-likeness (QED) is 0.537. The highest BCUT2D eigenvalue weighted by Crippen LogP contribution is 2.18. The summed E-state index contributed by atoms with van der Waals surface area (Å²) in [5.74, 6) is 0.398. The van der Waals surface area contributed by atoms with Gasteiger partial charge in [-0.3, -0.25) is 0 Å². The molecule has 0 bridgehead atoms. The average molecular weight is 116 g/mol. The number of ether oxygens (including phenoxy) is 1. The Morgan fingerprint density at radius 3 is 2.75 bits per heavy atom. The molecule has 0 aliphatic carbocycles. The summed E-state index contributed by atoms with van der Waals surface area (Å²) in [7, 11) is 0. The summed E-state index contributed by atoms with van der Waals surface area (Å²) < 4.78 is 5.20. The second kappa shape index (κ2) is 2.46. The zero-order chi connectivity index (χ0) is 5.98. The van der Waals surface area contributed by atoms with E-state index in [1.807, 2.05) is 6.92 Å². The number of rotatable bonds is 1. The van der Waals surface area contributed by atoms with Gasteiger partial charge in [0.05, 0.1) is 6.10 Å². The standard InChI is InChI=1S/C6H12O2/c1-5-6(4-7)2-3-8-5/h5-7H,2-4H2,1H3/t5-,6+/m1/s1. The van der Waals surface area contributed by atoms with E-state index >= 15 is 0 Å². The maximum atomic E-state index is 8.66. The first-order valence-electron chi connectivity index (χ1n) is 3.07. The maximum Gasteiger partial charge on any atom is 0.0597 e. The van der Waals surface area contributed by atoms with Gasteiger partial charge in [-0.2, -0.15) is 0 Å². The fraction of sp³-hybridized carbons (Fsp3) is 1.00. The largest absolute Gasteiger partial charge is 0.396 e. The molecular formula is C6H12O2. The van der Waals surface area contributed by atoms with Crippen LogP contribution in [-0.4, -0.2) is 24.4 Å². The van der Waals surface area contributed by atoms with Crippen molar-refractivity contribution in [2.75, 3.05) is 13.2 Å². The fourth-order valence-corrected chi connectivity index (χ4v) is 1.02. The van der Waals surface area contributed by atoms with E-state index in [0.29, 0.717) is 5.92 Å². The topological polar surface area (TPSA) is 29.5 Å². The van der Waals surface area contributed by atoms with Gasteiger partial charge in [0, 0.05) is 19.1 Å². The van der Waals surface area contributed by atoms with Crippen molar-refractivity contribution < 1.29 is 9.84 Å². The van der Waals surface area contributed by atoms with Crippen molar-refractivity contribution in [3.63, 3.8) is 0 Å². The summed E-state index contributed by atoms with van der Waals surface area (Å²) in [5, 5.41) is 8.66. The highest BCUT2D eigenvalue weighted by Gasteiger charge is 2.22. The van der Waals surface area contributed by atoms with E-state index in [1.54, 1.807) is 0 Å². The van der Waals surface area contributed by atoms with Crippen LogP contribution in [0.5, 0.6) is 0 Å². The van der Waals surface area contributed by atoms with Crippen molar-refractivity contribution >= 4 is 0 Å². The molecule has 0 aromatic carbocycles. The first-order valence-corrected chi connectivity index (χ1v) is 3.07. The molecule has 1 heterocycles. The number of hydrogen-bond donors (Lipinski definition) is 1. The molecule has 8 heavy (non-hydrogen) atoms. The smallest absolute Gasteiger partial charge is 0.0597 e. The molecule has 0 unspecified atom stereocenters. The SMILES string of the molecule is C[C@H]1OCC[C@H]1CO. The first-order chi connectivity index (χ1) is 3.84. The van der Waals surface area contributed by atoms with E-state index in [0.717, 1.165) is 13.0 Å². The molecule has 1 rings (SSSR count). The Hall–Kier alpha value is -0.0800. The van der Waals surface area contributed by atoms with Crippen LogP contribution in [-0.2, 0) is 4.74 Å². The van der Waals surface area contributed by atoms with Gasteiger partial charge in [0.2, 0.25) is 0 Å². The predicted molar refractivity (Wildman–Crippen MR) is 30.6 cm³/mol. The third-order valence-corrected chi connectivity index (χ3v) is 1.77. The molecule has 48 valence electrons. The zero-order valence-electron chi connectivity index (χ0n) is 5.13. The van der Waals surface area contributed by atoms with Gasteiger partial charge in [0.1, 0.15) is 0 Å². The van der Waals surface area contributed by atoms with Crippen LogP contribution in [0.25, 0.3) is 0 Å². The Balaban J connectivity index is 2.30. The average Bonchev–Trinajstić information content (AvgIpc) is 2.14. The molecule has 0 saturated carbocycles. The number of aliphatic hydroxyl groups excluding tert-OH is 1. The summed E-state index contributed by atoms with van der Waals surface area (Å²) in [5.41, 5.74) is 0. The van der Waals surface area contributed by atoms with Crippen molar-refractivity contribution in [2.24, 2.45) is 5.92 Å². The van der Waals surface area contributed by atoms with E-state index < -0.39 is 0 Å². The lowest BCUT2D eigenvalue weighted by Crippen LogP contribution is -2.14. The second-order valence-electron chi connectivity index (χ2n) is 2.31. The van der Waals surface area contributed by atoms with Crippen LogP contribution >= 0.6 is 0 Å². The molecular weight excluding hydrogens is 104 g/mol. The molecule has 2 heteroatoms. The number of aliphatic hydroxyl groups is 1. The van der Waals surface area contributed by atoms with E-state index in [9.17, 15) is 0 Å². The van der Waals surface area contributed by atoms with Crippen LogP contribution in [0.1, 0.15) is 13.3 Å². The van der Waals surface area contributed by atoms with Gasteiger partial charge in [-0.05, 0) is 13.3 Å². The fourth-order valence-electron chi connectivity index (χ4n) is 1.02. The third kappa shape index (κ3) is 1.01. The minimum absolute atomic E-state index is 0.278. The van der Waals surface area contributed by atoms with Crippen LogP contribution < -0.4 is 0 Å². The Bertz CT molecular complexity index is 72.9. The zero-order valence-corrected chi connectivity index (χ0v) is 5.13. The molecule has 1 aliphatic rings. The van der Waals surface area contributed by atoms with Crippen LogP contribution in [0.2, 0.25) is 0 Å². The molecule has 1 fully saturated rings. The van der Waals surface area contributed by atoms with Gasteiger partial charge >= 0.3 is 0 Å². The van der Waals surface area contributed by atoms with Crippen molar-refractivity contribution in [2.45, 2.75) is 19.4 Å². The van der Waals surface area contributed by atoms with Crippen molar-refractivity contribution in [1.82, 2.24) is 0 Å². The van der Waals surface area contributed by atoms with E-state index in [-0.39, 0.29) is 12.7 Å². The lowest BCUT2D eigenvalue weighted by molar-refractivity contribution is 0.0863. The minimum Gasteiger partial charge on any atom is -0.396 e. The van der Waals surface area contributed by atoms with Gasteiger partial charge in [-0.25, -0.2) is 0 Å². The molecule has 0 amide bonds. The summed E-state index contributed by atoms with van der Waals surface area (Å²) in [6.45, 7) is 3.11. The molecule has 1 N–H and O–H groups in total. The Morgan fingerprint density at radius 2 is 2.50 bits per heavy atom. The molecule has 0 radical (unpaired) electrons. The van der Waals surface area contributed by atoms with Crippen molar-refractivity contribution in [3.05, 3.63) is 0 Å². The summed E-state index contributed by atoms with van der Waals surface area (Å²) >= 11 is 0. The molecule has 0 spiro atoms. The monoisotopic (exact) mass is 116 g/mol. The second-order valence-corrected chi connectivity index (χ2v) is 2.31. The maximum absolute atomic E-state index is 8.66. The first kappa shape index (κ1) is 6.05. The Kier molecular flexibility index (Phi) is 1.86. The van der Waals surface area contributed by atoms with Gasteiger partial charge in [0.15, 0.2) is 0 Å². The summed E-state index contributed by atoms with van der Waals surface area (Å²) in [6.07, 6.45) is 1.30. The van der Waals surface area contributed by atoms with Gasteiger partial charge in [-0.15, -0.1) is 0 Å². The number of hydrogen-bond acceptors (Lipinski definition) is 2. The van der Waals surface area contributed by atoms with Crippen molar-refractivity contribution in [1.29, 1.82) is 0 Å². The van der Waals surface area contributed by atoms with Crippen molar-refractivity contribution in [3.8, 4) is 0 Å². The lowest BCUT2D eigenvalue weighted by Gasteiger charge is -2.08. The predicted octanol–water partition coefficient (Wildman–Crippen LogP) is 0.404. The van der Waals surface area contributed by atoms with Gasteiger partial charge < -0.3 is 9.84 Å². The van der Waals surface area contributed by atoms with E-state index in [4.69, 9.17) is 9.84 Å². The van der Waals surface area contributed by atoms with Gasteiger partial charge in [0.25, 0.3) is 0 Å². The molecule has 1 saturated heterocycles. The van der Waals surface area contributed by atoms with Gasteiger partial charge in [-0.1, -0.05) is 0 Å². The highest BCUT2D eigenvalue weighted by molar-refractivity contribution is 4.70. The highest BCUT2D eigenvalue weighted by atomic mass is 16.5. The van der Waals surface area contributed by atoms with E-state index in [1.165, 1.54) is 0 Å². The molecule has 1 aliphatic heterocycles. The van der Waals surface area contributed by atoms with Crippen LogP contribution in [0.4, 0.5) is 0 Å². The molecule has 0 aromatic heterocycles. The van der Waals surface area contributed by atoms with Crippen LogP contribution in [0, 0.1) is 5.92 Å². The van der Waals surface area contributed by atoms with Crippen LogP contribution in [0.15, 0.2) is 0 Å². The molecule has 0 aromatic rings. The minimum atomic E-state index is 0.278. The lowest BCUT2D eigenvalue weighted by atomic mass is 10.1. The molecule has 2 nitrogen and oxygen atoms in total.